The number of hydrogen-bond acceptors (Lipinski definition) is 3. The van der Waals surface area contributed by atoms with Gasteiger partial charge in [0, 0.05) is 0 Å². The second kappa shape index (κ2) is 5.15. The Hall–Kier alpha value is -2.04. The van der Waals surface area contributed by atoms with Gasteiger partial charge in [0.05, 0.1) is 24.6 Å². The zero-order valence-corrected chi connectivity index (χ0v) is 11.0. The van der Waals surface area contributed by atoms with Gasteiger partial charge < -0.3 is 14.8 Å². The molecule has 3 aliphatic carbocycles. The third kappa shape index (κ3) is 2.24. The molecule has 0 spiro atoms. The highest BCUT2D eigenvalue weighted by molar-refractivity contribution is 5.86. The summed E-state index contributed by atoms with van der Waals surface area (Å²) >= 11 is 0. The van der Waals surface area contributed by atoms with Crippen molar-refractivity contribution in [2.24, 2.45) is 23.7 Å². The fourth-order valence-corrected chi connectivity index (χ4v) is 3.39. The maximum Gasteiger partial charge on any atom is 0.307 e. The van der Waals surface area contributed by atoms with Crippen molar-refractivity contribution in [3.8, 4) is 0 Å². The molecule has 4 rings (SSSR count). The first-order valence-electron chi connectivity index (χ1n) is 6.88. The van der Waals surface area contributed by atoms with E-state index >= 15 is 0 Å². The third-order valence-corrected chi connectivity index (χ3v) is 4.35. The van der Waals surface area contributed by atoms with Gasteiger partial charge in [-0.15, -0.1) is 0 Å². The van der Waals surface area contributed by atoms with Crippen molar-refractivity contribution in [2.75, 3.05) is 0 Å². The molecule has 1 aromatic heterocycles. The Balaban J connectivity index is 1.72. The number of hydrogen-bond donors (Lipinski definition) is 2. The van der Waals surface area contributed by atoms with Crippen LogP contribution < -0.4 is 5.32 Å². The number of carboxylic acids is 1. The van der Waals surface area contributed by atoms with Gasteiger partial charge in [0.1, 0.15) is 5.76 Å². The van der Waals surface area contributed by atoms with E-state index in [1.165, 1.54) is 0 Å². The van der Waals surface area contributed by atoms with Crippen LogP contribution in [0.5, 0.6) is 0 Å². The molecule has 2 N–H and O–H groups in total. The number of carboxylic acid groups (broad SMARTS) is 1. The van der Waals surface area contributed by atoms with Gasteiger partial charge in [0.15, 0.2) is 0 Å². The van der Waals surface area contributed by atoms with Gasteiger partial charge in [0.25, 0.3) is 0 Å². The summed E-state index contributed by atoms with van der Waals surface area (Å²) in [5.74, 6) is -1.44. The Bertz CT molecular complexity index is 534. The largest absolute Gasteiger partial charge is 0.481 e. The normalized spacial score (nSPS) is 31.2. The average Bonchev–Trinajstić information content (AvgIpc) is 2.98. The zero-order chi connectivity index (χ0) is 14.1. The van der Waals surface area contributed by atoms with Crippen LogP contribution in [0.2, 0.25) is 0 Å². The molecule has 0 aromatic carbocycles. The molecule has 4 unspecified atom stereocenters. The van der Waals surface area contributed by atoms with Crippen molar-refractivity contribution in [3.63, 3.8) is 0 Å². The van der Waals surface area contributed by atoms with Crippen molar-refractivity contribution in [1.82, 2.24) is 5.32 Å². The standard InChI is InChI=1S/C15H17NO4/c17-14(16-8-11-2-1-7-20-11)12-9-3-5-10(6-4-9)13(12)15(18)19/h1-3,5,7,9-10,12-13H,4,6,8H2,(H,16,17)(H,18,19). The van der Waals surface area contributed by atoms with E-state index in [4.69, 9.17) is 4.42 Å². The number of carbonyl (C=O) groups is 2. The lowest BCUT2D eigenvalue weighted by atomic mass is 9.62. The number of rotatable bonds is 4. The zero-order valence-electron chi connectivity index (χ0n) is 11.0. The first kappa shape index (κ1) is 13.0. The summed E-state index contributed by atoms with van der Waals surface area (Å²) in [5.41, 5.74) is 0. The quantitative estimate of drug-likeness (QED) is 0.821. The Morgan fingerprint density at radius 3 is 2.50 bits per heavy atom. The van der Waals surface area contributed by atoms with Crippen molar-refractivity contribution < 1.29 is 19.1 Å². The van der Waals surface area contributed by atoms with Crippen LogP contribution in [0.3, 0.4) is 0 Å². The summed E-state index contributed by atoms with van der Waals surface area (Å²) in [4.78, 5) is 23.8. The van der Waals surface area contributed by atoms with E-state index in [2.05, 4.69) is 5.32 Å². The minimum atomic E-state index is -0.873. The molecule has 4 atom stereocenters. The summed E-state index contributed by atoms with van der Waals surface area (Å²) in [5, 5.41) is 12.2. The molecule has 0 aliphatic heterocycles. The Morgan fingerprint density at radius 1 is 1.25 bits per heavy atom. The van der Waals surface area contributed by atoms with E-state index in [-0.39, 0.29) is 17.7 Å². The van der Waals surface area contributed by atoms with Gasteiger partial charge in [-0.05, 0) is 36.8 Å². The van der Waals surface area contributed by atoms with Crippen LogP contribution in [0.15, 0.2) is 35.0 Å². The smallest absolute Gasteiger partial charge is 0.307 e. The van der Waals surface area contributed by atoms with Crippen LogP contribution in [0.1, 0.15) is 18.6 Å². The van der Waals surface area contributed by atoms with Gasteiger partial charge in [-0.3, -0.25) is 9.59 Å². The van der Waals surface area contributed by atoms with Gasteiger partial charge in [-0.2, -0.15) is 0 Å². The molecule has 1 saturated carbocycles. The molecule has 1 heterocycles. The molecular formula is C15H17NO4. The molecule has 5 nitrogen and oxygen atoms in total. The number of furan rings is 1. The van der Waals surface area contributed by atoms with Crippen LogP contribution >= 0.6 is 0 Å². The van der Waals surface area contributed by atoms with Gasteiger partial charge in [-0.1, -0.05) is 12.2 Å². The fourth-order valence-electron chi connectivity index (χ4n) is 3.39. The molecule has 1 aromatic rings. The van der Waals surface area contributed by atoms with Crippen molar-refractivity contribution in [3.05, 3.63) is 36.3 Å². The minimum Gasteiger partial charge on any atom is -0.481 e. The van der Waals surface area contributed by atoms with Crippen LogP contribution in [-0.2, 0) is 16.1 Å². The number of fused-ring (bicyclic) bond motifs is 2. The van der Waals surface area contributed by atoms with E-state index in [9.17, 15) is 14.7 Å². The summed E-state index contributed by atoms with van der Waals surface area (Å²) in [7, 11) is 0. The van der Waals surface area contributed by atoms with Crippen LogP contribution in [0.4, 0.5) is 0 Å². The van der Waals surface area contributed by atoms with Gasteiger partial charge in [-0.25, -0.2) is 0 Å². The summed E-state index contributed by atoms with van der Waals surface area (Å²) in [6, 6.07) is 3.54. The van der Waals surface area contributed by atoms with Crippen LogP contribution in [0, 0.1) is 23.7 Å². The van der Waals surface area contributed by atoms with E-state index < -0.39 is 17.8 Å². The lowest BCUT2D eigenvalue weighted by Gasteiger charge is -2.41. The predicted octanol–water partition coefficient (Wildman–Crippen LogP) is 1.81. The maximum absolute atomic E-state index is 12.3. The number of amides is 1. The minimum absolute atomic E-state index is 0.0168. The van der Waals surface area contributed by atoms with Gasteiger partial charge in [0.2, 0.25) is 5.91 Å². The van der Waals surface area contributed by atoms with Crippen LogP contribution in [0.25, 0.3) is 0 Å². The topological polar surface area (TPSA) is 79.5 Å². The SMILES string of the molecule is O=C(O)C1C2C=CC(CC2)C1C(=O)NCc1ccco1. The molecule has 0 saturated heterocycles. The molecule has 1 amide bonds. The predicted molar refractivity (Wildman–Crippen MR) is 70.5 cm³/mol. The molecule has 20 heavy (non-hydrogen) atoms. The molecule has 2 bridgehead atoms. The number of carbonyl (C=O) groups excluding carboxylic acids is 1. The molecule has 0 radical (unpaired) electrons. The van der Waals surface area contributed by atoms with Gasteiger partial charge >= 0.3 is 5.97 Å². The molecular weight excluding hydrogens is 258 g/mol. The highest BCUT2D eigenvalue weighted by Gasteiger charge is 2.48. The maximum atomic E-state index is 12.3. The van der Waals surface area contributed by atoms with E-state index in [0.29, 0.717) is 12.3 Å². The third-order valence-electron chi connectivity index (χ3n) is 4.35. The van der Waals surface area contributed by atoms with E-state index in [0.717, 1.165) is 12.8 Å². The summed E-state index contributed by atoms with van der Waals surface area (Å²) in [6.45, 7) is 0.301. The number of allylic oxidation sites excluding steroid dienone is 2. The highest BCUT2D eigenvalue weighted by Crippen LogP contribution is 2.45. The highest BCUT2D eigenvalue weighted by atomic mass is 16.4. The molecule has 106 valence electrons. The van der Waals surface area contributed by atoms with Crippen molar-refractivity contribution in [1.29, 1.82) is 0 Å². The lowest BCUT2D eigenvalue weighted by molar-refractivity contribution is -0.153. The second-order valence-corrected chi connectivity index (χ2v) is 5.48. The fraction of sp³-hybridized carbons (Fsp3) is 0.467. The Morgan fingerprint density at radius 2 is 1.95 bits per heavy atom. The average molecular weight is 275 g/mol. The van der Waals surface area contributed by atoms with Crippen molar-refractivity contribution >= 4 is 11.9 Å². The first-order valence-corrected chi connectivity index (χ1v) is 6.88. The summed E-state index contributed by atoms with van der Waals surface area (Å²) < 4.78 is 5.16. The molecule has 1 fully saturated rings. The number of aliphatic carboxylic acids is 1. The van der Waals surface area contributed by atoms with Crippen LogP contribution in [-0.4, -0.2) is 17.0 Å². The lowest BCUT2D eigenvalue weighted by Crippen LogP contribution is -2.48. The van der Waals surface area contributed by atoms with E-state index in [1.54, 1.807) is 18.4 Å². The Kier molecular flexibility index (Phi) is 3.34. The first-order chi connectivity index (χ1) is 9.66. The van der Waals surface area contributed by atoms with E-state index in [1.807, 2.05) is 12.2 Å². The molecule has 3 aliphatic rings. The summed E-state index contributed by atoms with van der Waals surface area (Å²) in [6.07, 6.45) is 7.27. The van der Waals surface area contributed by atoms with Crippen molar-refractivity contribution in [2.45, 2.75) is 19.4 Å². The number of nitrogens with one attached hydrogen (secondary N) is 1. The monoisotopic (exact) mass is 275 g/mol. The second-order valence-electron chi connectivity index (χ2n) is 5.48. The Labute approximate surface area is 116 Å². The molecule has 5 heteroatoms.